The van der Waals surface area contributed by atoms with Gasteiger partial charge in [-0.15, -0.1) is 11.4 Å². The number of hydrogen-bond donors (Lipinski definition) is 0. The van der Waals surface area contributed by atoms with Crippen LogP contribution < -0.4 is 0 Å². The molecule has 0 saturated carbocycles. The summed E-state index contributed by atoms with van der Waals surface area (Å²) in [4.78, 5) is 0. The molecule has 1 aliphatic rings. The average molecular weight is 570 g/mol. The van der Waals surface area contributed by atoms with Gasteiger partial charge in [0.2, 0.25) is 0 Å². The second-order valence-electron chi connectivity index (χ2n) is 9.86. The third-order valence-electron chi connectivity index (χ3n) is 6.37. The fourth-order valence-electron chi connectivity index (χ4n) is 4.75. The summed E-state index contributed by atoms with van der Waals surface area (Å²) >= 11 is 0. The van der Waals surface area contributed by atoms with Crippen molar-refractivity contribution in [1.29, 1.82) is 0 Å². The van der Waals surface area contributed by atoms with Crippen LogP contribution in [0, 0.1) is 6.65 Å². The van der Waals surface area contributed by atoms with Crippen molar-refractivity contribution in [3.63, 3.8) is 0 Å². The van der Waals surface area contributed by atoms with Crippen molar-refractivity contribution in [2.45, 2.75) is 96.8 Å². The molecule has 0 saturated heterocycles. The topological polar surface area (TPSA) is 34.0 Å². The molecular formula is C28H40NOP2Ru. The van der Waals surface area contributed by atoms with Gasteiger partial charge in [-0.2, -0.15) is 0 Å². The molecule has 2 nitrogen and oxygen atoms in total. The van der Waals surface area contributed by atoms with Crippen molar-refractivity contribution in [3.05, 3.63) is 70.6 Å². The number of rotatable bonds is 8. The normalized spacial score (nSPS) is 12.4. The van der Waals surface area contributed by atoms with Gasteiger partial charge < -0.3 is 5.32 Å². The molecule has 181 valence electrons. The second-order valence-corrected chi connectivity index (χ2v) is 16.7. The van der Waals surface area contributed by atoms with E-state index in [1.54, 1.807) is 0 Å². The second kappa shape index (κ2) is 14.1. The van der Waals surface area contributed by atoms with Crippen molar-refractivity contribution in [2.75, 3.05) is 0 Å². The quantitative estimate of drug-likeness (QED) is 0.112. The number of benzene rings is 2. The molecule has 5 heteroatoms. The van der Waals surface area contributed by atoms with E-state index in [2.05, 4.69) is 98.4 Å². The first-order chi connectivity index (χ1) is 15.2. The molecule has 33 heavy (non-hydrogen) atoms. The van der Waals surface area contributed by atoms with Crippen LogP contribution in [0.15, 0.2) is 36.4 Å². The van der Waals surface area contributed by atoms with E-state index >= 15 is 0 Å². The third-order valence-corrected chi connectivity index (χ3v) is 13.1. The average Bonchev–Trinajstić information content (AvgIpc) is 2.74. The predicted octanol–water partition coefficient (Wildman–Crippen LogP) is 9.49. The van der Waals surface area contributed by atoms with Crippen molar-refractivity contribution in [1.82, 2.24) is 0 Å². The monoisotopic (exact) mass is 570 g/mol. The van der Waals surface area contributed by atoms with Gasteiger partial charge in [-0.1, -0.05) is 130 Å². The van der Waals surface area contributed by atoms with Gasteiger partial charge in [0.15, 0.2) is 0 Å². The fourth-order valence-corrected chi connectivity index (χ4v) is 9.89. The Kier molecular flexibility index (Phi) is 13.1. The molecule has 0 spiro atoms. The van der Waals surface area contributed by atoms with E-state index in [9.17, 15) is 0 Å². The van der Waals surface area contributed by atoms with E-state index in [-0.39, 0.29) is 35.3 Å². The molecule has 1 aliphatic heterocycles. The van der Waals surface area contributed by atoms with Gasteiger partial charge >= 0.3 is 30.8 Å². The third kappa shape index (κ3) is 7.72. The Morgan fingerprint density at radius 3 is 1.33 bits per heavy atom. The van der Waals surface area contributed by atoms with Crippen LogP contribution in [0.25, 0.3) is 5.32 Å². The Hall–Kier alpha value is -0.537. The molecule has 0 bridgehead atoms. The number of hydrogen-bond acceptors (Lipinski definition) is 0. The minimum absolute atomic E-state index is 0. The van der Waals surface area contributed by atoms with Gasteiger partial charge in [0.05, 0.1) is 0 Å². The van der Waals surface area contributed by atoms with Crippen molar-refractivity contribution in [2.24, 2.45) is 0 Å². The Balaban J connectivity index is 0.00000177. The maximum Gasteiger partial charge on any atom is 1.00 e. The summed E-state index contributed by atoms with van der Waals surface area (Å²) in [6.45, 7) is 23.7. The van der Waals surface area contributed by atoms with Gasteiger partial charge in [-0.25, -0.2) is 0 Å². The minimum Gasteiger partial charge on any atom is 1.00 e. The molecule has 0 amide bonds. The molecule has 2 aromatic rings. The summed E-state index contributed by atoms with van der Waals surface area (Å²) < 4.78 is 7.50. The molecule has 0 atom stereocenters. The summed E-state index contributed by atoms with van der Waals surface area (Å²) in [7, 11) is -0.0662. The number of para-hydroxylation sites is 2. The molecule has 1 heterocycles. The summed E-state index contributed by atoms with van der Waals surface area (Å²) in [6.07, 6.45) is 3.41. The smallest absolute Gasteiger partial charge is 1.00 e. The Labute approximate surface area is 218 Å². The summed E-state index contributed by atoms with van der Waals surface area (Å²) in [5, 5.41) is 5.37. The molecule has 0 N–H and O–H groups in total. The first-order valence-electron chi connectivity index (χ1n) is 11.8. The standard InChI is InChI=1S/C27H40NP2.CO.Ru/c1-18(2)29(19(3)4)16-24-13-9-11-22-15-23-12-10-14-25(27(23)28-26(22)24)17-30(20(5)6)21(7)8;1-2;/h9-14,18-21H,15-17H2,1-8H3;;/q-1;;+1. The minimum atomic E-state index is -0.0331. The molecule has 0 fully saturated rings. The Bertz CT molecular complexity index is 823. The van der Waals surface area contributed by atoms with Crippen LogP contribution in [0.1, 0.15) is 77.6 Å². The Morgan fingerprint density at radius 2 is 1.03 bits per heavy atom. The summed E-state index contributed by atoms with van der Waals surface area (Å²) in [5.74, 6) is 0. The zero-order chi connectivity index (χ0) is 24.0. The van der Waals surface area contributed by atoms with E-state index in [1.165, 1.54) is 46.0 Å². The van der Waals surface area contributed by atoms with E-state index < -0.39 is 0 Å². The molecule has 0 aromatic heterocycles. The number of nitrogens with zero attached hydrogens (tertiary/aromatic N) is 1. The van der Waals surface area contributed by atoms with E-state index in [0.717, 1.165) is 29.1 Å². The molecule has 3 rings (SSSR count). The molecule has 0 unspecified atom stereocenters. The van der Waals surface area contributed by atoms with Crippen LogP contribution in [-0.2, 0) is 42.9 Å². The van der Waals surface area contributed by atoms with E-state index in [0.29, 0.717) is 0 Å². The van der Waals surface area contributed by atoms with Gasteiger partial charge in [0.25, 0.3) is 0 Å². The van der Waals surface area contributed by atoms with Gasteiger partial charge in [0.1, 0.15) is 0 Å². The van der Waals surface area contributed by atoms with Crippen molar-refractivity contribution in [3.8, 4) is 0 Å². The maximum absolute atomic E-state index is 7.50. The molecule has 0 aliphatic carbocycles. The van der Waals surface area contributed by atoms with Crippen LogP contribution in [0.5, 0.6) is 0 Å². The Morgan fingerprint density at radius 1 is 0.697 bits per heavy atom. The van der Waals surface area contributed by atoms with Gasteiger partial charge in [0, 0.05) is 0 Å². The maximum atomic E-state index is 7.50. The van der Waals surface area contributed by atoms with Gasteiger partial charge in [-0.3, -0.25) is 0 Å². The van der Waals surface area contributed by atoms with Crippen LogP contribution in [0.2, 0.25) is 0 Å². The summed E-state index contributed by atoms with van der Waals surface area (Å²) in [6, 6.07) is 13.8. The zero-order valence-electron chi connectivity index (χ0n) is 21.5. The zero-order valence-corrected chi connectivity index (χ0v) is 25.0. The first kappa shape index (κ1) is 30.5. The van der Waals surface area contributed by atoms with Crippen molar-refractivity contribution >= 4 is 27.2 Å². The number of fused-ring (bicyclic) bond motifs is 2. The predicted molar refractivity (Wildman–Crippen MR) is 144 cm³/mol. The van der Waals surface area contributed by atoms with Crippen molar-refractivity contribution < 1.29 is 24.1 Å². The molecule has 1 radical (unpaired) electrons. The van der Waals surface area contributed by atoms with Crippen LogP contribution in [0.4, 0.5) is 11.4 Å². The fraction of sp³-hybridized carbons (Fsp3) is 0.536. The van der Waals surface area contributed by atoms with Gasteiger partial charge in [-0.05, 0) is 41.4 Å². The summed E-state index contributed by atoms with van der Waals surface area (Å²) in [5.41, 5.74) is 11.3. The van der Waals surface area contributed by atoms with Crippen LogP contribution >= 0.6 is 15.8 Å². The van der Waals surface area contributed by atoms with Crippen LogP contribution in [-0.4, -0.2) is 22.6 Å². The SMILES string of the molecule is CC(C)P(Cc1cccc2c1[N-]c1c(cccc1CP(C(C)C)C(C)C)C2)C(C)C.[C-]#[O+].[Ru+]. The van der Waals surface area contributed by atoms with E-state index in [4.69, 9.17) is 9.97 Å². The largest absolute Gasteiger partial charge is 1.00 e. The molecule has 2 aromatic carbocycles. The first-order valence-corrected chi connectivity index (χ1v) is 15.2. The van der Waals surface area contributed by atoms with Crippen LogP contribution in [0.3, 0.4) is 0 Å². The molecular weight excluding hydrogens is 529 g/mol. The van der Waals surface area contributed by atoms with E-state index in [1.807, 2.05) is 0 Å².